The Kier molecular flexibility index (Phi) is 5.64. The molecular formula is C10H18ClN3O2. The van der Waals surface area contributed by atoms with Gasteiger partial charge in [-0.1, -0.05) is 6.58 Å². The Morgan fingerprint density at radius 1 is 1.44 bits per heavy atom. The first-order valence-electron chi connectivity index (χ1n) is 5.00. The van der Waals surface area contributed by atoms with E-state index in [4.69, 9.17) is 5.73 Å². The number of amides is 2. The van der Waals surface area contributed by atoms with Crippen LogP contribution in [0.2, 0.25) is 0 Å². The average Bonchev–Trinajstić information content (AvgIpc) is 2.20. The van der Waals surface area contributed by atoms with E-state index in [1.54, 1.807) is 0 Å². The number of nitrogens with zero attached hydrogens (tertiary/aromatic N) is 2. The predicted octanol–water partition coefficient (Wildman–Crippen LogP) is -4.05. The zero-order valence-corrected chi connectivity index (χ0v) is 10.2. The molecule has 1 fully saturated rings. The van der Waals surface area contributed by atoms with Crippen molar-refractivity contribution in [3.8, 4) is 0 Å². The highest BCUT2D eigenvalue weighted by atomic mass is 35.5. The first-order valence-corrected chi connectivity index (χ1v) is 5.00. The fourth-order valence-corrected chi connectivity index (χ4v) is 1.77. The normalized spacial score (nSPS) is 19.6. The summed E-state index contributed by atoms with van der Waals surface area (Å²) in [5.41, 5.74) is 5.11. The van der Waals surface area contributed by atoms with E-state index in [2.05, 4.69) is 6.58 Å². The number of primary amides is 1. The van der Waals surface area contributed by atoms with Crippen molar-refractivity contribution in [2.24, 2.45) is 5.73 Å². The Balaban J connectivity index is 0.00000225. The van der Waals surface area contributed by atoms with Crippen molar-refractivity contribution in [1.82, 2.24) is 4.90 Å². The van der Waals surface area contributed by atoms with Gasteiger partial charge in [-0.25, -0.2) is 4.79 Å². The fraction of sp³-hybridized carbons (Fsp3) is 0.600. The van der Waals surface area contributed by atoms with Crippen molar-refractivity contribution in [3.63, 3.8) is 0 Å². The maximum absolute atomic E-state index is 11.6. The molecule has 0 aromatic carbocycles. The monoisotopic (exact) mass is 247 g/mol. The SMILES string of the molecule is C=CC(=O)[N+]1(C)CCN(CC(N)=O)CC1.[Cl-]. The molecule has 2 amide bonds. The van der Waals surface area contributed by atoms with Gasteiger partial charge < -0.3 is 18.1 Å². The summed E-state index contributed by atoms with van der Waals surface area (Å²) in [5, 5.41) is 0. The summed E-state index contributed by atoms with van der Waals surface area (Å²) >= 11 is 0. The van der Waals surface area contributed by atoms with Gasteiger partial charge in [0.05, 0.1) is 26.7 Å². The molecule has 5 nitrogen and oxygen atoms in total. The molecule has 1 aliphatic rings. The zero-order chi connectivity index (χ0) is 11.5. The molecule has 92 valence electrons. The van der Waals surface area contributed by atoms with Gasteiger partial charge in [-0.3, -0.25) is 14.2 Å². The van der Waals surface area contributed by atoms with Gasteiger partial charge in [0, 0.05) is 19.2 Å². The molecule has 0 radical (unpaired) electrons. The molecule has 0 atom stereocenters. The predicted molar refractivity (Wildman–Crippen MR) is 56.8 cm³/mol. The standard InChI is InChI=1S/C10H17N3O2.ClH/c1-3-10(15)13(2)6-4-12(5-7-13)8-9(11)14;/h3H,1,4-8H2,2H3,(H-,11,14);1H. The van der Waals surface area contributed by atoms with Crippen LogP contribution in [0.3, 0.4) is 0 Å². The molecule has 1 saturated heterocycles. The van der Waals surface area contributed by atoms with E-state index >= 15 is 0 Å². The van der Waals surface area contributed by atoms with Gasteiger partial charge in [0.2, 0.25) is 5.91 Å². The minimum Gasteiger partial charge on any atom is -1.00 e. The molecule has 6 heteroatoms. The van der Waals surface area contributed by atoms with Crippen molar-refractivity contribution in [1.29, 1.82) is 0 Å². The number of piperazine rings is 1. The van der Waals surface area contributed by atoms with E-state index in [1.807, 2.05) is 11.9 Å². The number of hydrogen-bond acceptors (Lipinski definition) is 3. The van der Waals surface area contributed by atoms with Crippen LogP contribution in [0.1, 0.15) is 0 Å². The van der Waals surface area contributed by atoms with Crippen LogP contribution < -0.4 is 18.1 Å². The summed E-state index contributed by atoms with van der Waals surface area (Å²) in [6.45, 7) is 6.63. The number of halogens is 1. The molecule has 1 aliphatic heterocycles. The number of hydrogen-bond donors (Lipinski definition) is 1. The van der Waals surface area contributed by atoms with Crippen LogP contribution in [0.4, 0.5) is 0 Å². The second kappa shape index (κ2) is 5.98. The number of rotatable bonds is 3. The molecular weight excluding hydrogens is 230 g/mol. The minimum absolute atomic E-state index is 0. The van der Waals surface area contributed by atoms with Crippen LogP contribution in [0.5, 0.6) is 0 Å². The summed E-state index contributed by atoms with van der Waals surface area (Å²) in [6, 6.07) is 0. The second-order valence-corrected chi connectivity index (χ2v) is 4.13. The maximum atomic E-state index is 11.6. The molecule has 1 rings (SSSR count). The van der Waals surface area contributed by atoms with Crippen LogP contribution in [0, 0.1) is 0 Å². The topological polar surface area (TPSA) is 63.4 Å². The molecule has 0 bridgehead atoms. The van der Waals surface area contributed by atoms with E-state index in [-0.39, 0.29) is 30.8 Å². The molecule has 0 unspecified atom stereocenters. The van der Waals surface area contributed by atoms with E-state index < -0.39 is 0 Å². The fourth-order valence-electron chi connectivity index (χ4n) is 1.77. The lowest BCUT2D eigenvalue weighted by molar-refractivity contribution is -0.837. The zero-order valence-electron chi connectivity index (χ0n) is 9.49. The Hall–Kier alpha value is -0.910. The molecule has 0 aromatic heterocycles. The molecule has 0 aliphatic carbocycles. The van der Waals surface area contributed by atoms with Crippen molar-refractivity contribution < 1.29 is 26.5 Å². The Bertz CT molecular complexity index is 286. The summed E-state index contributed by atoms with van der Waals surface area (Å²) < 4.78 is 0.374. The maximum Gasteiger partial charge on any atom is 0.337 e. The summed E-state index contributed by atoms with van der Waals surface area (Å²) in [7, 11) is 1.89. The van der Waals surface area contributed by atoms with Crippen LogP contribution >= 0.6 is 0 Å². The van der Waals surface area contributed by atoms with E-state index in [0.717, 1.165) is 13.1 Å². The third-order valence-electron chi connectivity index (χ3n) is 2.91. The molecule has 0 spiro atoms. The lowest BCUT2D eigenvalue weighted by atomic mass is 10.2. The third-order valence-corrected chi connectivity index (χ3v) is 2.91. The highest BCUT2D eigenvalue weighted by Crippen LogP contribution is 2.10. The molecule has 16 heavy (non-hydrogen) atoms. The summed E-state index contributed by atoms with van der Waals surface area (Å²) in [4.78, 5) is 24.2. The molecule has 1 heterocycles. The number of quaternary nitrogens is 1. The third kappa shape index (κ3) is 3.59. The van der Waals surface area contributed by atoms with Gasteiger partial charge in [0.25, 0.3) is 0 Å². The quantitative estimate of drug-likeness (QED) is 0.408. The van der Waals surface area contributed by atoms with Crippen LogP contribution in [0.15, 0.2) is 12.7 Å². The van der Waals surface area contributed by atoms with Crippen molar-refractivity contribution >= 4 is 11.8 Å². The second-order valence-electron chi connectivity index (χ2n) is 4.13. The molecule has 0 saturated carbocycles. The van der Waals surface area contributed by atoms with Gasteiger partial charge in [-0.15, -0.1) is 0 Å². The first-order chi connectivity index (χ1) is 6.98. The van der Waals surface area contributed by atoms with Crippen molar-refractivity contribution in [2.45, 2.75) is 0 Å². The Morgan fingerprint density at radius 2 is 1.94 bits per heavy atom. The van der Waals surface area contributed by atoms with Crippen LogP contribution in [-0.2, 0) is 9.59 Å². The number of carbonyl (C=O) groups is 2. The van der Waals surface area contributed by atoms with Gasteiger partial charge in [-0.05, 0) is 0 Å². The van der Waals surface area contributed by atoms with Gasteiger partial charge in [-0.2, -0.15) is 0 Å². The Labute approximate surface area is 102 Å². The minimum atomic E-state index is -0.318. The lowest BCUT2D eigenvalue weighted by Crippen LogP contribution is -3.00. The van der Waals surface area contributed by atoms with E-state index in [0.29, 0.717) is 17.6 Å². The van der Waals surface area contributed by atoms with E-state index in [1.165, 1.54) is 6.08 Å². The van der Waals surface area contributed by atoms with Crippen molar-refractivity contribution in [3.05, 3.63) is 12.7 Å². The smallest absolute Gasteiger partial charge is 0.337 e. The average molecular weight is 248 g/mol. The van der Waals surface area contributed by atoms with Gasteiger partial charge >= 0.3 is 5.91 Å². The van der Waals surface area contributed by atoms with Gasteiger partial charge in [0.1, 0.15) is 0 Å². The van der Waals surface area contributed by atoms with Crippen LogP contribution in [0.25, 0.3) is 0 Å². The molecule has 0 aromatic rings. The largest absolute Gasteiger partial charge is 1.00 e. The summed E-state index contributed by atoms with van der Waals surface area (Å²) in [5.74, 6) is -0.283. The van der Waals surface area contributed by atoms with Crippen molar-refractivity contribution in [2.75, 3.05) is 39.8 Å². The lowest BCUT2D eigenvalue weighted by Gasteiger charge is -2.38. The Morgan fingerprint density at radius 3 is 2.31 bits per heavy atom. The van der Waals surface area contributed by atoms with Crippen LogP contribution in [-0.4, -0.2) is 61.0 Å². The van der Waals surface area contributed by atoms with Gasteiger partial charge in [0.15, 0.2) is 0 Å². The highest BCUT2D eigenvalue weighted by Gasteiger charge is 2.34. The molecule has 2 N–H and O–H groups in total. The number of nitrogens with two attached hydrogens (primary N) is 1. The highest BCUT2D eigenvalue weighted by molar-refractivity contribution is 5.80. The van der Waals surface area contributed by atoms with E-state index in [9.17, 15) is 9.59 Å². The first kappa shape index (κ1) is 15.1. The number of carbonyl (C=O) groups excluding carboxylic acids is 2. The summed E-state index contributed by atoms with van der Waals surface area (Å²) in [6.07, 6.45) is 1.36. The number of likely N-dealkylation sites (N-methyl/N-ethyl adjacent to an activating group) is 1.